The van der Waals surface area contributed by atoms with Gasteiger partial charge in [-0.05, 0) is 99.3 Å². The van der Waals surface area contributed by atoms with Crippen molar-refractivity contribution in [3.05, 3.63) is 83.7 Å². The molecule has 0 spiro atoms. The van der Waals surface area contributed by atoms with Crippen molar-refractivity contribution in [2.45, 2.75) is 154 Å². The van der Waals surface area contributed by atoms with Gasteiger partial charge in [-0.1, -0.05) is 107 Å². The maximum absolute atomic E-state index is 14.8. The highest BCUT2D eigenvalue weighted by molar-refractivity contribution is 6.03. The van der Waals surface area contributed by atoms with Gasteiger partial charge >= 0.3 is 12.2 Å². The molecule has 6 unspecified atom stereocenters. The maximum Gasteiger partial charge on any atom is 0.412 e. The number of allylic oxidation sites excluding steroid dienone is 1. The summed E-state index contributed by atoms with van der Waals surface area (Å²) in [4.78, 5) is 35.1. The van der Waals surface area contributed by atoms with Crippen LogP contribution < -0.4 is 14.8 Å². The summed E-state index contributed by atoms with van der Waals surface area (Å²) in [5.41, 5.74) is 3.06. The van der Waals surface area contributed by atoms with E-state index in [-0.39, 0.29) is 63.0 Å². The Hall–Kier alpha value is -4.46. The van der Waals surface area contributed by atoms with Gasteiger partial charge in [-0.2, -0.15) is 0 Å². The van der Waals surface area contributed by atoms with Crippen molar-refractivity contribution in [2.75, 3.05) is 39.6 Å². The third-order valence-corrected chi connectivity index (χ3v) is 13.1. The molecular weight excluding hydrogens is 830 g/mol. The van der Waals surface area contributed by atoms with Gasteiger partial charge in [0.25, 0.3) is 0 Å². The number of amides is 2. The van der Waals surface area contributed by atoms with Crippen LogP contribution in [0.5, 0.6) is 11.5 Å². The summed E-state index contributed by atoms with van der Waals surface area (Å²) >= 11 is 0. The van der Waals surface area contributed by atoms with Gasteiger partial charge in [0.1, 0.15) is 30.0 Å². The van der Waals surface area contributed by atoms with Gasteiger partial charge in [-0.25, -0.2) is 14.0 Å². The second-order valence-corrected chi connectivity index (χ2v) is 17.7. The number of aliphatic hydroxyl groups is 2. The molecule has 1 heterocycles. The Kier molecular flexibility index (Phi) is 21.6. The van der Waals surface area contributed by atoms with Crippen LogP contribution in [0.2, 0.25) is 0 Å². The number of fused-ring (bicyclic) bond motifs is 2. The predicted octanol–water partition coefficient (Wildman–Crippen LogP) is 11.1. The molecule has 1 saturated carbocycles. The SMILES string of the molecule is C=CCOC12Oc3ccc(OC(=O)NCC)cc3C3C(CCCCO)C(CCCCO)C=C(C(=NOCC)CC1N(Cc1ccc(F)cc1)C(=O)OCCCCCCCCCCCC)C32. The average molecular weight is 906 g/mol. The number of benzene rings is 2. The van der Waals surface area contributed by atoms with E-state index in [1.807, 2.05) is 19.9 Å². The Balaban J connectivity index is 1.62. The Labute approximate surface area is 386 Å². The van der Waals surface area contributed by atoms with E-state index in [9.17, 15) is 24.2 Å². The Morgan fingerprint density at radius 1 is 0.923 bits per heavy atom. The Morgan fingerprint density at radius 2 is 1.62 bits per heavy atom. The number of halogens is 1. The Bertz CT molecular complexity index is 1840. The van der Waals surface area contributed by atoms with Gasteiger partial charge in [-0.15, -0.1) is 6.58 Å². The number of nitrogens with zero attached hydrogens (tertiary/aromatic N) is 2. The minimum absolute atomic E-state index is 0.0241. The number of hydrogen-bond donors (Lipinski definition) is 3. The summed E-state index contributed by atoms with van der Waals surface area (Å²) < 4.78 is 40.7. The lowest BCUT2D eigenvalue weighted by Crippen LogP contribution is -2.70. The van der Waals surface area contributed by atoms with Crippen molar-refractivity contribution in [3.63, 3.8) is 0 Å². The summed E-state index contributed by atoms with van der Waals surface area (Å²) in [7, 11) is 0. The smallest absolute Gasteiger partial charge is 0.412 e. The fourth-order valence-corrected chi connectivity index (χ4v) is 10.1. The lowest BCUT2D eigenvalue weighted by molar-refractivity contribution is -0.256. The van der Waals surface area contributed by atoms with Crippen molar-refractivity contribution in [1.82, 2.24) is 10.2 Å². The molecule has 2 aliphatic carbocycles. The van der Waals surface area contributed by atoms with Crippen LogP contribution in [0.4, 0.5) is 14.0 Å². The molecular formula is C52H76FN3O9. The molecule has 0 radical (unpaired) electrons. The minimum atomic E-state index is -1.52. The molecule has 5 rings (SSSR count). The molecule has 0 aromatic heterocycles. The van der Waals surface area contributed by atoms with Crippen LogP contribution in [-0.4, -0.2) is 84.4 Å². The molecule has 3 N–H and O–H groups in total. The van der Waals surface area contributed by atoms with Crippen molar-refractivity contribution in [1.29, 1.82) is 0 Å². The minimum Gasteiger partial charge on any atom is -0.459 e. The monoisotopic (exact) mass is 906 g/mol. The normalized spacial score (nSPS) is 22.5. The van der Waals surface area contributed by atoms with Crippen LogP contribution in [0.25, 0.3) is 0 Å². The number of nitrogens with one attached hydrogen (secondary N) is 1. The lowest BCUT2D eigenvalue weighted by Gasteiger charge is -2.59. The van der Waals surface area contributed by atoms with Gasteiger partial charge in [0.15, 0.2) is 0 Å². The topological polar surface area (TPSA) is 148 Å². The number of unbranched alkanes of at least 4 members (excludes halogenated alkanes) is 11. The number of hydrogen-bond acceptors (Lipinski definition) is 10. The quantitative estimate of drug-likeness (QED) is 0.0412. The van der Waals surface area contributed by atoms with E-state index in [1.165, 1.54) is 50.7 Å². The van der Waals surface area contributed by atoms with E-state index in [2.05, 4.69) is 24.9 Å². The largest absolute Gasteiger partial charge is 0.459 e. The molecule has 2 aromatic rings. The zero-order valence-corrected chi connectivity index (χ0v) is 39.3. The van der Waals surface area contributed by atoms with Crippen LogP contribution in [0.3, 0.4) is 0 Å². The van der Waals surface area contributed by atoms with E-state index in [1.54, 1.807) is 35.2 Å². The molecule has 12 nitrogen and oxygen atoms in total. The second-order valence-electron chi connectivity index (χ2n) is 17.7. The van der Waals surface area contributed by atoms with Gasteiger partial charge in [0.05, 0.1) is 24.8 Å². The summed E-state index contributed by atoms with van der Waals surface area (Å²) in [5, 5.41) is 27.3. The first-order valence-electron chi connectivity index (χ1n) is 24.6. The average Bonchev–Trinajstić information content (AvgIpc) is 3.30. The lowest BCUT2D eigenvalue weighted by atomic mass is 9.55. The zero-order chi connectivity index (χ0) is 46.4. The van der Waals surface area contributed by atoms with Crippen molar-refractivity contribution in [2.24, 2.45) is 22.9 Å². The molecule has 6 atom stereocenters. The van der Waals surface area contributed by atoms with Gasteiger partial charge in [-0.3, -0.25) is 4.90 Å². The fourth-order valence-electron chi connectivity index (χ4n) is 10.1. The van der Waals surface area contributed by atoms with E-state index in [0.717, 1.165) is 62.5 Å². The van der Waals surface area contributed by atoms with Crippen molar-refractivity contribution >= 4 is 17.9 Å². The van der Waals surface area contributed by atoms with Crippen LogP contribution >= 0.6 is 0 Å². The van der Waals surface area contributed by atoms with E-state index >= 15 is 0 Å². The van der Waals surface area contributed by atoms with Gasteiger partial charge < -0.3 is 39.3 Å². The van der Waals surface area contributed by atoms with E-state index < -0.39 is 29.9 Å². The summed E-state index contributed by atoms with van der Waals surface area (Å²) in [6.07, 6.45) is 18.8. The van der Waals surface area contributed by atoms with Gasteiger partial charge in [0, 0.05) is 44.2 Å². The van der Waals surface area contributed by atoms with E-state index in [4.69, 9.17) is 28.9 Å². The molecule has 65 heavy (non-hydrogen) atoms. The number of aliphatic hydroxyl groups excluding tert-OH is 2. The molecule has 2 amide bonds. The molecule has 13 heteroatoms. The third kappa shape index (κ3) is 14.0. The summed E-state index contributed by atoms with van der Waals surface area (Å²) in [6.45, 7) is 11.2. The molecule has 1 fully saturated rings. The number of oxime groups is 1. The van der Waals surface area contributed by atoms with Crippen LogP contribution in [0.15, 0.2) is 71.9 Å². The second kappa shape index (κ2) is 27.2. The molecule has 0 saturated heterocycles. The van der Waals surface area contributed by atoms with Crippen molar-refractivity contribution < 1.29 is 48.0 Å². The van der Waals surface area contributed by atoms with Crippen LogP contribution in [0.1, 0.15) is 147 Å². The molecule has 360 valence electrons. The molecule has 3 aliphatic rings. The first-order valence-corrected chi connectivity index (χ1v) is 24.6. The van der Waals surface area contributed by atoms with Crippen LogP contribution in [0, 0.1) is 23.6 Å². The highest BCUT2D eigenvalue weighted by Crippen LogP contribution is 2.62. The molecule has 0 bridgehead atoms. The highest BCUT2D eigenvalue weighted by atomic mass is 19.1. The number of carbonyl (C=O) groups is 2. The zero-order valence-electron chi connectivity index (χ0n) is 39.3. The first-order chi connectivity index (χ1) is 31.7. The fraction of sp³-hybridized carbons (Fsp3) is 0.635. The highest BCUT2D eigenvalue weighted by Gasteiger charge is 2.65. The first kappa shape index (κ1) is 51.5. The maximum atomic E-state index is 14.8. The number of rotatable bonds is 29. The molecule has 1 aliphatic heterocycles. The Morgan fingerprint density at radius 3 is 2.28 bits per heavy atom. The third-order valence-electron chi connectivity index (χ3n) is 13.1. The standard InChI is InChI=1S/C52H76FN3O9/c1-5-9-10-11-12-13-14-15-16-21-33-61-51(60)56(37-38-24-26-40(53)27-25-38)47-36-45(55-63-8-4)43-34-39(22-17-19-30-57)42(23-18-20-31-58)48-44-35-41(64-50(59)54-7-3)28-29-46(44)65-52(47,49(43)48)62-32-6-2/h6,24-29,34-35,39,42,47-49,57-58H,2,5,7-23,30-33,36-37H2,1,3-4H3,(H,54,59). The van der Waals surface area contributed by atoms with Crippen LogP contribution in [-0.2, 0) is 20.9 Å². The summed E-state index contributed by atoms with van der Waals surface area (Å²) in [5.74, 6) is -1.91. The van der Waals surface area contributed by atoms with Gasteiger partial charge in [0.2, 0.25) is 5.79 Å². The summed E-state index contributed by atoms with van der Waals surface area (Å²) in [6, 6.07) is 10.7. The van der Waals surface area contributed by atoms with Crippen molar-refractivity contribution in [3.8, 4) is 11.5 Å². The number of ether oxygens (including phenoxy) is 4. The number of carbonyl (C=O) groups excluding carboxylic acids is 2. The predicted molar refractivity (Wildman–Crippen MR) is 251 cm³/mol. The van der Waals surface area contributed by atoms with E-state index in [0.29, 0.717) is 48.8 Å². The molecule has 2 aromatic carbocycles.